The fraction of sp³-hybridized carbons (Fsp3) is 0.444. The average Bonchev–Trinajstić information content (AvgIpc) is 2.96. The molecule has 0 bridgehead atoms. The first-order chi connectivity index (χ1) is 11.5. The summed E-state index contributed by atoms with van der Waals surface area (Å²) in [6.07, 6.45) is 6.98. The van der Waals surface area contributed by atoms with Crippen molar-refractivity contribution in [3.8, 4) is 0 Å². The molecule has 6 heteroatoms. The second-order valence-electron chi connectivity index (χ2n) is 6.78. The minimum absolute atomic E-state index is 0.0545. The summed E-state index contributed by atoms with van der Waals surface area (Å²) >= 11 is 0. The zero-order chi connectivity index (χ0) is 16.7. The van der Waals surface area contributed by atoms with Gasteiger partial charge in [-0.05, 0) is 49.7 Å². The maximum Gasteiger partial charge on any atom is 0.248 e. The fourth-order valence-corrected chi connectivity index (χ4v) is 4.24. The Kier molecular flexibility index (Phi) is 3.79. The van der Waals surface area contributed by atoms with Gasteiger partial charge in [-0.1, -0.05) is 24.3 Å². The quantitative estimate of drug-likeness (QED) is 0.866. The van der Waals surface area contributed by atoms with Gasteiger partial charge < -0.3 is 5.32 Å². The molecule has 2 aliphatic carbocycles. The summed E-state index contributed by atoms with van der Waals surface area (Å²) in [6.45, 7) is 0. The Labute approximate surface area is 142 Å². The molecule has 5 nitrogen and oxygen atoms in total. The zero-order valence-electron chi connectivity index (χ0n) is 13.7. The minimum atomic E-state index is -3.41. The molecule has 1 N–H and O–H groups in total. The van der Waals surface area contributed by atoms with E-state index in [9.17, 15) is 8.42 Å². The van der Waals surface area contributed by atoms with E-state index in [0.717, 1.165) is 55.6 Å². The number of anilines is 1. The van der Waals surface area contributed by atoms with Crippen LogP contribution in [0.4, 0.5) is 5.82 Å². The highest BCUT2D eigenvalue weighted by Gasteiger charge is 2.26. The van der Waals surface area contributed by atoms with E-state index in [4.69, 9.17) is 0 Å². The van der Waals surface area contributed by atoms with Gasteiger partial charge in [0.2, 0.25) is 15.0 Å². The Morgan fingerprint density at radius 3 is 2.38 bits per heavy atom. The first-order valence-electron chi connectivity index (χ1n) is 8.44. The van der Waals surface area contributed by atoms with E-state index < -0.39 is 9.84 Å². The number of sulfone groups is 1. The molecule has 0 saturated heterocycles. The van der Waals surface area contributed by atoms with Crippen LogP contribution in [0.5, 0.6) is 0 Å². The molecule has 0 atom stereocenters. The molecule has 126 valence electrons. The maximum absolute atomic E-state index is 11.9. The molecule has 0 amide bonds. The summed E-state index contributed by atoms with van der Waals surface area (Å²) in [7, 11) is -3.41. The first-order valence-corrected chi connectivity index (χ1v) is 10.3. The molecule has 0 aliphatic heterocycles. The number of nitrogens with zero attached hydrogens (tertiary/aromatic N) is 2. The third-order valence-corrected chi connectivity index (χ3v) is 5.73. The molecule has 0 spiro atoms. The van der Waals surface area contributed by atoms with E-state index in [2.05, 4.69) is 39.6 Å². The predicted molar refractivity (Wildman–Crippen MR) is 93.0 cm³/mol. The number of rotatable bonds is 3. The van der Waals surface area contributed by atoms with Crippen molar-refractivity contribution in [1.29, 1.82) is 0 Å². The van der Waals surface area contributed by atoms with Gasteiger partial charge in [0.1, 0.15) is 5.82 Å². The second-order valence-corrected chi connectivity index (χ2v) is 8.69. The molecule has 0 saturated carbocycles. The number of benzene rings is 1. The lowest BCUT2D eigenvalue weighted by Gasteiger charge is -2.22. The Morgan fingerprint density at radius 1 is 1.04 bits per heavy atom. The molecular formula is C18H21N3O2S. The molecule has 0 fully saturated rings. The van der Waals surface area contributed by atoms with E-state index >= 15 is 0 Å². The molecule has 2 aliphatic rings. The largest absolute Gasteiger partial charge is 0.366 e. The SMILES string of the molecule is CS(=O)(=O)c1nc2c(c(NC3Cc4ccccc4C3)n1)CCCC2. The van der Waals surface area contributed by atoms with Crippen molar-refractivity contribution in [3.63, 3.8) is 0 Å². The van der Waals surface area contributed by atoms with Gasteiger partial charge in [-0.3, -0.25) is 0 Å². The van der Waals surface area contributed by atoms with E-state index in [1.807, 2.05) is 0 Å². The van der Waals surface area contributed by atoms with E-state index in [-0.39, 0.29) is 11.2 Å². The summed E-state index contributed by atoms with van der Waals surface area (Å²) < 4.78 is 23.9. The summed E-state index contributed by atoms with van der Waals surface area (Å²) in [5.74, 6) is 0.720. The molecule has 1 aromatic heterocycles. The lowest BCUT2D eigenvalue weighted by atomic mass is 9.96. The van der Waals surface area contributed by atoms with Crippen LogP contribution < -0.4 is 5.32 Å². The number of aromatic nitrogens is 2. The maximum atomic E-state index is 11.9. The van der Waals surface area contributed by atoms with Crippen molar-refractivity contribution in [2.75, 3.05) is 11.6 Å². The van der Waals surface area contributed by atoms with Crippen LogP contribution in [0.1, 0.15) is 35.2 Å². The highest BCUT2D eigenvalue weighted by molar-refractivity contribution is 7.90. The summed E-state index contributed by atoms with van der Waals surface area (Å²) in [4.78, 5) is 8.69. The van der Waals surface area contributed by atoms with Crippen molar-refractivity contribution in [2.45, 2.75) is 49.7 Å². The van der Waals surface area contributed by atoms with Gasteiger partial charge in [-0.15, -0.1) is 0 Å². The van der Waals surface area contributed by atoms with Crippen molar-refractivity contribution in [3.05, 3.63) is 46.6 Å². The van der Waals surface area contributed by atoms with E-state index in [1.54, 1.807) is 0 Å². The van der Waals surface area contributed by atoms with Gasteiger partial charge in [-0.2, -0.15) is 0 Å². The predicted octanol–water partition coefficient (Wildman–Crippen LogP) is 2.34. The Morgan fingerprint density at radius 2 is 1.71 bits per heavy atom. The molecule has 4 rings (SSSR count). The lowest BCUT2D eigenvalue weighted by Crippen LogP contribution is -2.24. The molecule has 2 aromatic rings. The molecular weight excluding hydrogens is 322 g/mol. The third-order valence-electron chi connectivity index (χ3n) is 4.89. The zero-order valence-corrected chi connectivity index (χ0v) is 14.6. The van der Waals surface area contributed by atoms with Crippen LogP contribution in [0.3, 0.4) is 0 Å². The van der Waals surface area contributed by atoms with Crippen LogP contribution in [-0.2, 0) is 35.5 Å². The van der Waals surface area contributed by atoms with Crippen molar-refractivity contribution in [1.82, 2.24) is 9.97 Å². The highest BCUT2D eigenvalue weighted by atomic mass is 32.2. The Balaban J connectivity index is 1.68. The fourth-order valence-electron chi connectivity index (χ4n) is 3.71. The molecule has 0 unspecified atom stereocenters. The number of hydrogen-bond donors (Lipinski definition) is 1. The number of fused-ring (bicyclic) bond motifs is 2. The lowest BCUT2D eigenvalue weighted by molar-refractivity contribution is 0.585. The molecule has 24 heavy (non-hydrogen) atoms. The average molecular weight is 343 g/mol. The van der Waals surface area contributed by atoms with Gasteiger partial charge in [-0.25, -0.2) is 18.4 Å². The van der Waals surface area contributed by atoms with Gasteiger partial charge in [0.15, 0.2) is 0 Å². The summed E-state index contributed by atoms with van der Waals surface area (Å²) in [5, 5.41) is 3.46. The molecule has 0 radical (unpaired) electrons. The van der Waals surface area contributed by atoms with E-state index in [1.165, 1.54) is 17.4 Å². The number of nitrogens with one attached hydrogen (secondary N) is 1. The topological polar surface area (TPSA) is 72.0 Å². The van der Waals surface area contributed by atoms with Crippen LogP contribution in [0.15, 0.2) is 29.4 Å². The number of aryl methyl sites for hydroxylation is 1. The van der Waals surface area contributed by atoms with Crippen LogP contribution in [0.25, 0.3) is 0 Å². The van der Waals surface area contributed by atoms with Crippen LogP contribution in [-0.4, -0.2) is 30.7 Å². The molecule has 1 heterocycles. The Bertz CT molecular complexity index is 868. The van der Waals surface area contributed by atoms with Gasteiger partial charge in [0.25, 0.3) is 0 Å². The van der Waals surface area contributed by atoms with Crippen LogP contribution >= 0.6 is 0 Å². The highest BCUT2D eigenvalue weighted by Crippen LogP contribution is 2.29. The van der Waals surface area contributed by atoms with Gasteiger partial charge >= 0.3 is 0 Å². The third kappa shape index (κ3) is 2.90. The van der Waals surface area contributed by atoms with Gasteiger partial charge in [0, 0.05) is 17.9 Å². The Hall–Kier alpha value is -1.95. The monoisotopic (exact) mass is 343 g/mol. The number of hydrogen-bond acceptors (Lipinski definition) is 5. The van der Waals surface area contributed by atoms with Crippen molar-refractivity contribution in [2.24, 2.45) is 0 Å². The molecule has 1 aromatic carbocycles. The summed E-state index contributed by atoms with van der Waals surface area (Å²) in [6, 6.07) is 8.71. The van der Waals surface area contributed by atoms with Crippen LogP contribution in [0, 0.1) is 0 Å². The van der Waals surface area contributed by atoms with Crippen LogP contribution in [0.2, 0.25) is 0 Å². The first kappa shape index (κ1) is 15.6. The van der Waals surface area contributed by atoms with Gasteiger partial charge in [0.05, 0.1) is 5.69 Å². The van der Waals surface area contributed by atoms with Crippen molar-refractivity contribution >= 4 is 15.7 Å². The second kappa shape index (κ2) is 5.84. The van der Waals surface area contributed by atoms with E-state index in [0.29, 0.717) is 0 Å². The smallest absolute Gasteiger partial charge is 0.248 e. The normalized spacial score (nSPS) is 17.4. The standard InChI is InChI=1S/C18H21N3O2S/c1-24(22,23)18-20-16-9-5-4-8-15(16)17(21-18)19-14-10-12-6-2-3-7-13(12)11-14/h2-3,6-7,14H,4-5,8-11H2,1H3,(H,19,20,21). The summed E-state index contributed by atoms with van der Waals surface area (Å²) in [5.41, 5.74) is 4.72. The minimum Gasteiger partial charge on any atom is -0.366 e. The van der Waals surface area contributed by atoms with Crippen molar-refractivity contribution < 1.29 is 8.42 Å².